The summed E-state index contributed by atoms with van der Waals surface area (Å²) in [5.41, 5.74) is 1.12. The lowest BCUT2D eigenvalue weighted by atomic mass is 10.2. The van der Waals surface area contributed by atoms with Crippen molar-refractivity contribution in [3.8, 4) is 0 Å². The zero-order valence-corrected chi connectivity index (χ0v) is 16.4. The number of unbranched alkanes of at least 4 members (excludes halogenated alkanes) is 1. The summed E-state index contributed by atoms with van der Waals surface area (Å²) in [5, 5.41) is 3.36. The van der Waals surface area contributed by atoms with Crippen molar-refractivity contribution in [2.75, 3.05) is 44.7 Å². The standard InChI is InChI=1S/C20H33N5O/c1-5-7-8-11-24(4)20(21-6-2)23-15-18-9-10-19(22-14-18)25-12-13-26-17(3)16-25/h5,9-10,14,17H,1,6-8,11-13,15-16H2,2-4H3,(H,21,23). The summed E-state index contributed by atoms with van der Waals surface area (Å²) in [6, 6.07) is 4.21. The molecule has 6 heteroatoms. The van der Waals surface area contributed by atoms with Crippen LogP contribution in [-0.2, 0) is 11.3 Å². The van der Waals surface area contributed by atoms with Gasteiger partial charge in [0, 0.05) is 39.4 Å². The van der Waals surface area contributed by atoms with E-state index in [-0.39, 0.29) is 6.10 Å². The van der Waals surface area contributed by atoms with E-state index >= 15 is 0 Å². The highest BCUT2D eigenvalue weighted by Gasteiger charge is 2.17. The Morgan fingerprint density at radius 2 is 2.38 bits per heavy atom. The number of aromatic nitrogens is 1. The first-order chi connectivity index (χ1) is 12.6. The van der Waals surface area contributed by atoms with E-state index in [0.717, 1.165) is 63.0 Å². The smallest absolute Gasteiger partial charge is 0.193 e. The van der Waals surface area contributed by atoms with Gasteiger partial charge in [-0.05, 0) is 38.3 Å². The fourth-order valence-corrected chi connectivity index (χ4v) is 2.94. The Morgan fingerprint density at radius 3 is 3.04 bits per heavy atom. The van der Waals surface area contributed by atoms with E-state index in [4.69, 9.17) is 9.73 Å². The Kier molecular flexibility index (Phi) is 8.41. The number of hydrogen-bond acceptors (Lipinski definition) is 4. The van der Waals surface area contributed by atoms with E-state index < -0.39 is 0 Å². The topological polar surface area (TPSA) is 53.0 Å². The first-order valence-corrected chi connectivity index (χ1v) is 9.55. The maximum Gasteiger partial charge on any atom is 0.193 e. The monoisotopic (exact) mass is 359 g/mol. The van der Waals surface area contributed by atoms with Gasteiger partial charge in [-0.15, -0.1) is 6.58 Å². The molecule has 1 saturated heterocycles. The molecule has 1 aromatic heterocycles. The molecule has 2 heterocycles. The van der Waals surface area contributed by atoms with Crippen LogP contribution < -0.4 is 10.2 Å². The van der Waals surface area contributed by atoms with Crippen molar-refractivity contribution >= 4 is 11.8 Å². The molecule has 26 heavy (non-hydrogen) atoms. The maximum atomic E-state index is 5.59. The second kappa shape index (κ2) is 10.8. The SMILES string of the molecule is C=CCCCN(C)C(=NCc1ccc(N2CCOC(C)C2)nc1)NCC. The maximum absolute atomic E-state index is 5.59. The van der Waals surface area contributed by atoms with Gasteiger partial charge in [0.05, 0.1) is 19.3 Å². The molecule has 1 fully saturated rings. The Labute approximate surface area is 158 Å². The predicted molar refractivity (Wildman–Crippen MR) is 109 cm³/mol. The third-order valence-electron chi connectivity index (χ3n) is 4.38. The second-order valence-electron chi connectivity index (χ2n) is 6.67. The normalized spacial score (nSPS) is 17.9. The fraction of sp³-hybridized carbons (Fsp3) is 0.600. The van der Waals surface area contributed by atoms with Crippen LogP contribution in [0, 0.1) is 0 Å². The number of morpholine rings is 1. The Hall–Kier alpha value is -2.08. The third-order valence-corrected chi connectivity index (χ3v) is 4.38. The Bertz CT molecular complexity index is 572. The molecule has 1 N–H and O–H groups in total. The van der Waals surface area contributed by atoms with E-state index in [2.05, 4.69) is 59.7 Å². The largest absolute Gasteiger partial charge is 0.375 e. The number of rotatable bonds is 8. The van der Waals surface area contributed by atoms with Gasteiger partial charge in [0.15, 0.2) is 5.96 Å². The highest BCUT2D eigenvalue weighted by Crippen LogP contribution is 2.15. The number of pyridine rings is 1. The minimum absolute atomic E-state index is 0.258. The average molecular weight is 360 g/mol. The van der Waals surface area contributed by atoms with Gasteiger partial charge in [0.1, 0.15) is 5.82 Å². The average Bonchev–Trinajstić information content (AvgIpc) is 2.65. The van der Waals surface area contributed by atoms with Crippen LogP contribution in [-0.4, -0.2) is 61.8 Å². The lowest BCUT2D eigenvalue weighted by Gasteiger charge is -2.32. The number of guanidine groups is 1. The van der Waals surface area contributed by atoms with Crippen LogP contribution in [0.2, 0.25) is 0 Å². The number of ether oxygens (including phenoxy) is 1. The minimum atomic E-state index is 0.258. The van der Waals surface area contributed by atoms with Crippen molar-refractivity contribution < 1.29 is 4.74 Å². The summed E-state index contributed by atoms with van der Waals surface area (Å²) < 4.78 is 5.59. The highest BCUT2D eigenvalue weighted by molar-refractivity contribution is 5.79. The van der Waals surface area contributed by atoms with Gasteiger partial charge >= 0.3 is 0 Å². The molecule has 1 atom stereocenters. The summed E-state index contributed by atoms with van der Waals surface area (Å²) in [5.74, 6) is 1.95. The molecule has 0 aromatic carbocycles. The highest BCUT2D eigenvalue weighted by atomic mass is 16.5. The first kappa shape index (κ1) is 20.2. The van der Waals surface area contributed by atoms with Crippen molar-refractivity contribution in [2.24, 2.45) is 4.99 Å². The van der Waals surface area contributed by atoms with Crippen molar-refractivity contribution in [1.29, 1.82) is 0 Å². The van der Waals surface area contributed by atoms with Gasteiger partial charge in [-0.25, -0.2) is 9.98 Å². The molecule has 6 nitrogen and oxygen atoms in total. The summed E-state index contributed by atoms with van der Waals surface area (Å²) in [7, 11) is 2.07. The van der Waals surface area contributed by atoms with E-state index in [0.29, 0.717) is 6.54 Å². The van der Waals surface area contributed by atoms with Crippen molar-refractivity contribution in [1.82, 2.24) is 15.2 Å². The van der Waals surface area contributed by atoms with Crippen LogP contribution in [0.5, 0.6) is 0 Å². The van der Waals surface area contributed by atoms with Crippen LogP contribution in [0.1, 0.15) is 32.3 Å². The summed E-state index contributed by atoms with van der Waals surface area (Å²) >= 11 is 0. The van der Waals surface area contributed by atoms with Crippen LogP contribution in [0.4, 0.5) is 5.82 Å². The molecule has 0 spiro atoms. The Balaban J connectivity index is 1.94. The van der Waals surface area contributed by atoms with Crippen molar-refractivity contribution in [3.05, 3.63) is 36.5 Å². The van der Waals surface area contributed by atoms with Gasteiger partial charge in [-0.1, -0.05) is 12.1 Å². The molecule has 0 radical (unpaired) electrons. The van der Waals surface area contributed by atoms with Crippen molar-refractivity contribution in [3.63, 3.8) is 0 Å². The predicted octanol–water partition coefficient (Wildman–Crippen LogP) is 2.67. The van der Waals surface area contributed by atoms with E-state index in [1.165, 1.54) is 0 Å². The van der Waals surface area contributed by atoms with E-state index in [1.54, 1.807) is 0 Å². The number of hydrogen-bond donors (Lipinski definition) is 1. The van der Waals surface area contributed by atoms with Gasteiger partial charge in [-0.3, -0.25) is 0 Å². The first-order valence-electron chi connectivity index (χ1n) is 9.55. The van der Waals surface area contributed by atoms with Crippen LogP contribution in [0.15, 0.2) is 36.0 Å². The second-order valence-corrected chi connectivity index (χ2v) is 6.67. The quantitative estimate of drug-likeness (QED) is 0.335. The van der Waals surface area contributed by atoms with E-state index in [1.807, 2.05) is 12.3 Å². The zero-order chi connectivity index (χ0) is 18.8. The zero-order valence-electron chi connectivity index (χ0n) is 16.4. The molecule has 0 amide bonds. The Morgan fingerprint density at radius 1 is 1.54 bits per heavy atom. The molecule has 1 aliphatic rings. The molecule has 1 aliphatic heterocycles. The van der Waals surface area contributed by atoms with Gasteiger partial charge in [0.25, 0.3) is 0 Å². The van der Waals surface area contributed by atoms with Gasteiger partial charge in [-0.2, -0.15) is 0 Å². The van der Waals surface area contributed by atoms with Crippen LogP contribution in [0.3, 0.4) is 0 Å². The molecule has 0 bridgehead atoms. The van der Waals surface area contributed by atoms with Gasteiger partial charge in [0.2, 0.25) is 0 Å². The van der Waals surface area contributed by atoms with E-state index in [9.17, 15) is 0 Å². The molecule has 2 rings (SSSR count). The van der Waals surface area contributed by atoms with Crippen molar-refractivity contribution in [2.45, 2.75) is 39.3 Å². The molecular formula is C20H33N5O. The number of anilines is 1. The third kappa shape index (κ3) is 6.33. The lowest BCUT2D eigenvalue weighted by molar-refractivity contribution is 0.0529. The van der Waals surface area contributed by atoms with Gasteiger partial charge < -0.3 is 19.9 Å². The summed E-state index contributed by atoms with van der Waals surface area (Å²) in [6.07, 6.45) is 6.25. The minimum Gasteiger partial charge on any atom is -0.375 e. The molecule has 0 aliphatic carbocycles. The molecule has 0 saturated carbocycles. The lowest BCUT2D eigenvalue weighted by Crippen LogP contribution is -2.41. The fourth-order valence-electron chi connectivity index (χ4n) is 2.94. The number of allylic oxidation sites excluding steroid dienone is 1. The number of aliphatic imine (C=N–C) groups is 1. The molecular weight excluding hydrogens is 326 g/mol. The van der Waals surface area contributed by atoms with Crippen LogP contribution in [0.25, 0.3) is 0 Å². The molecule has 1 aromatic rings. The molecule has 144 valence electrons. The number of nitrogens with one attached hydrogen (secondary N) is 1. The summed E-state index contributed by atoms with van der Waals surface area (Å²) in [6.45, 7) is 13.0. The summed E-state index contributed by atoms with van der Waals surface area (Å²) in [4.78, 5) is 13.8. The number of nitrogens with zero attached hydrogens (tertiary/aromatic N) is 4. The molecule has 1 unspecified atom stereocenters. The van der Waals surface area contributed by atoms with Crippen LogP contribution >= 0.6 is 0 Å².